The Morgan fingerprint density at radius 2 is 2.10 bits per heavy atom. The number of carboxylic acids is 1. The van der Waals surface area contributed by atoms with E-state index in [-0.39, 0.29) is 17.3 Å². The number of aliphatic carboxylic acids is 1. The molecule has 2 aromatic carbocycles. The van der Waals surface area contributed by atoms with Crippen LogP contribution in [0.4, 0.5) is 4.39 Å². The molecule has 2 N–H and O–H groups in total. The van der Waals surface area contributed by atoms with Gasteiger partial charge in [-0.2, -0.15) is 0 Å². The molecular weight excluding hydrogens is 635 g/mol. The molecule has 156 valence electrons. The van der Waals surface area contributed by atoms with E-state index in [9.17, 15) is 14.3 Å². The molecule has 30 heavy (non-hydrogen) atoms. The zero-order valence-electron chi connectivity index (χ0n) is 15.7. The van der Waals surface area contributed by atoms with Gasteiger partial charge in [0.05, 0.1) is 3.57 Å². The number of ether oxygens (including phenoxy) is 1. The molecule has 0 unspecified atom stereocenters. The van der Waals surface area contributed by atoms with E-state index in [0.29, 0.717) is 34.3 Å². The molecule has 0 aliphatic rings. The highest BCUT2D eigenvalue weighted by Crippen LogP contribution is 2.34. The van der Waals surface area contributed by atoms with Gasteiger partial charge in [-0.1, -0.05) is 25.1 Å². The van der Waals surface area contributed by atoms with Gasteiger partial charge in [0, 0.05) is 21.1 Å². The lowest BCUT2D eigenvalue weighted by Crippen LogP contribution is -2.03. The average molecular weight is 651 g/mol. The highest BCUT2D eigenvalue weighted by Gasteiger charge is 2.17. The van der Waals surface area contributed by atoms with E-state index in [4.69, 9.17) is 4.74 Å². The third-order valence-corrected chi connectivity index (χ3v) is 6.21. The fourth-order valence-corrected chi connectivity index (χ4v) is 5.22. The van der Waals surface area contributed by atoms with Crippen LogP contribution in [0, 0.1) is 13.0 Å². The quantitative estimate of drug-likeness (QED) is 0.190. The molecule has 0 amide bonds. The SMILES string of the molecule is CCc1nc(S/C(=C\c2cc(I)cc(I)c2OCc2ccccc2F)C(=O)O)n[nH]1. The monoisotopic (exact) mass is 651 g/mol. The van der Waals surface area contributed by atoms with Crippen molar-refractivity contribution in [1.82, 2.24) is 15.2 Å². The van der Waals surface area contributed by atoms with Gasteiger partial charge >= 0.3 is 5.97 Å². The Bertz CT molecular complexity index is 1100. The number of nitrogens with one attached hydrogen (secondary N) is 1. The fourth-order valence-electron chi connectivity index (χ4n) is 2.46. The van der Waals surface area contributed by atoms with Crippen LogP contribution in [0.5, 0.6) is 5.75 Å². The van der Waals surface area contributed by atoms with Crippen molar-refractivity contribution < 1.29 is 19.0 Å². The first-order valence-electron chi connectivity index (χ1n) is 8.76. The Morgan fingerprint density at radius 3 is 2.77 bits per heavy atom. The molecule has 0 saturated heterocycles. The van der Waals surface area contributed by atoms with E-state index in [1.54, 1.807) is 18.2 Å². The summed E-state index contributed by atoms with van der Waals surface area (Å²) in [5.41, 5.74) is 1.00. The predicted molar refractivity (Wildman–Crippen MR) is 130 cm³/mol. The van der Waals surface area contributed by atoms with Crippen molar-refractivity contribution in [2.75, 3.05) is 0 Å². The minimum atomic E-state index is -1.10. The van der Waals surface area contributed by atoms with E-state index >= 15 is 0 Å². The molecule has 1 heterocycles. The van der Waals surface area contributed by atoms with Gasteiger partial charge in [0.1, 0.15) is 28.9 Å². The summed E-state index contributed by atoms with van der Waals surface area (Å²) in [5.74, 6) is -0.284. The van der Waals surface area contributed by atoms with E-state index in [1.807, 2.05) is 19.1 Å². The number of thioether (sulfide) groups is 1. The van der Waals surface area contributed by atoms with E-state index in [1.165, 1.54) is 12.1 Å². The lowest BCUT2D eigenvalue weighted by molar-refractivity contribution is -0.131. The number of rotatable bonds is 8. The van der Waals surface area contributed by atoms with Crippen LogP contribution in [0.1, 0.15) is 23.9 Å². The zero-order chi connectivity index (χ0) is 21.7. The molecule has 0 atom stereocenters. The summed E-state index contributed by atoms with van der Waals surface area (Å²) in [7, 11) is 0. The zero-order valence-corrected chi connectivity index (χ0v) is 20.8. The number of aromatic nitrogens is 3. The molecular formula is C20H16FI2N3O3S. The van der Waals surface area contributed by atoms with Crippen molar-refractivity contribution in [3.8, 4) is 5.75 Å². The number of benzene rings is 2. The second-order valence-corrected chi connectivity index (χ2v) is 9.44. The molecule has 0 spiro atoms. The molecule has 0 aliphatic heterocycles. The third kappa shape index (κ3) is 5.94. The Balaban J connectivity index is 1.93. The minimum absolute atomic E-state index is 0.0282. The van der Waals surface area contributed by atoms with Crippen molar-refractivity contribution in [3.05, 3.63) is 71.2 Å². The highest BCUT2D eigenvalue weighted by atomic mass is 127. The molecule has 3 rings (SSSR count). The Morgan fingerprint density at radius 1 is 1.33 bits per heavy atom. The molecule has 0 fully saturated rings. The molecule has 0 saturated carbocycles. The van der Waals surface area contributed by atoms with Crippen molar-refractivity contribution >= 4 is 69.0 Å². The molecule has 0 radical (unpaired) electrons. The second kappa shape index (κ2) is 10.6. The van der Waals surface area contributed by atoms with Crippen LogP contribution in [-0.2, 0) is 17.8 Å². The van der Waals surface area contributed by atoms with Crippen molar-refractivity contribution in [2.45, 2.75) is 25.1 Å². The number of halogens is 3. The Labute approximate surface area is 204 Å². The first-order valence-corrected chi connectivity index (χ1v) is 11.7. The average Bonchev–Trinajstić information content (AvgIpc) is 3.15. The number of aromatic amines is 1. The van der Waals surface area contributed by atoms with Crippen molar-refractivity contribution in [2.24, 2.45) is 0 Å². The lowest BCUT2D eigenvalue weighted by Gasteiger charge is -2.13. The fraction of sp³-hybridized carbons (Fsp3) is 0.150. The maximum absolute atomic E-state index is 14.0. The number of aryl methyl sites for hydroxylation is 1. The summed E-state index contributed by atoms with van der Waals surface area (Å²) < 4.78 is 21.6. The first kappa shape index (κ1) is 23.0. The first-order chi connectivity index (χ1) is 14.4. The number of nitrogens with zero attached hydrogens (tertiary/aromatic N) is 2. The van der Waals surface area contributed by atoms with Gasteiger partial charge < -0.3 is 9.84 Å². The molecule has 1 aromatic heterocycles. The van der Waals surface area contributed by atoms with E-state index < -0.39 is 5.97 Å². The summed E-state index contributed by atoms with van der Waals surface area (Å²) in [5, 5.41) is 16.8. The number of carbonyl (C=O) groups is 1. The van der Waals surface area contributed by atoms with Gasteiger partial charge in [-0.3, -0.25) is 5.10 Å². The largest absolute Gasteiger partial charge is 0.487 e. The number of carboxylic acid groups (broad SMARTS) is 1. The lowest BCUT2D eigenvalue weighted by atomic mass is 10.2. The topological polar surface area (TPSA) is 88.1 Å². The van der Waals surface area contributed by atoms with Crippen LogP contribution in [0.3, 0.4) is 0 Å². The van der Waals surface area contributed by atoms with Gasteiger partial charge in [-0.05, 0) is 81.2 Å². The summed E-state index contributed by atoms with van der Waals surface area (Å²) in [4.78, 5) is 16.1. The summed E-state index contributed by atoms with van der Waals surface area (Å²) in [6.07, 6.45) is 2.19. The normalized spacial score (nSPS) is 11.5. The Kier molecular flexibility index (Phi) is 8.11. The maximum atomic E-state index is 14.0. The van der Waals surface area contributed by atoms with Crippen LogP contribution >= 0.6 is 56.9 Å². The highest BCUT2D eigenvalue weighted by molar-refractivity contribution is 14.1. The van der Waals surface area contributed by atoms with E-state index in [0.717, 1.165) is 18.9 Å². The summed E-state index contributed by atoms with van der Waals surface area (Å²) in [6, 6.07) is 10.1. The van der Waals surface area contributed by atoms with E-state index in [2.05, 4.69) is 60.4 Å². The van der Waals surface area contributed by atoms with Crippen LogP contribution in [0.2, 0.25) is 0 Å². The van der Waals surface area contributed by atoms with Gasteiger partial charge in [-0.25, -0.2) is 14.2 Å². The Hall–Kier alpha value is -1.67. The van der Waals surface area contributed by atoms with Gasteiger partial charge in [-0.15, -0.1) is 5.10 Å². The summed E-state index contributed by atoms with van der Waals surface area (Å²) in [6.45, 7) is 1.95. The number of hydrogen-bond donors (Lipinski definition) is 2. The van der Waals surface area contributed by atoms with Crippen LogP contribution in [0.25, 0.3) is 6.08 Å². The molecule has 0 bridgehead atoms. The number of hydrogen-bond acceptors (Lipinski definition) is 5. The molecule has 0 aliphatic carbocycles. The van der Waals surface area contributed by atoms with Crippen molar-refractivity contribution in [1.29, 1.82) is 0 Å². The van der Waals surface area contributed by atoms with Crippen LogP contribution < -0.4 is 4.74 Å². The van der Waals surface area contributed by atoms with Gasteiger partial charge in [0.15, 0.2) is 0 Å². The van der Waals surface area contributed by atoms with Crippen LogP contribution in [0.15, 0.2) is 46.5 Å². The number of H-pyrrole nitrogens is 1. The summed E-state index contributed by atoms with van der Waals surface area (Å²) >= 11 is 5.23. The van der Waals surface area contributed by atoms with Crippen molar-refractivity contribution in [3.63, 3.8) is 0 Å². The molecule has 3 aromatic rings. The van der Waals surface area contributed by atoms with Gasteiger partial charge in [0.25, 0.3) is 0 Å². The standard InChI is InChI=1S/C20H16FI2N3O3S/c1-2-17-24-20(26-25-17)30-16(19(27)28)8-12-7-13(22)9-15(23)18(12)29-10-11-5-3-4-6-14(11)21/h3-9H,2,10H2,1H3,(H,27,28)(H,24,25,26)/b16-8-. The molecule has 10 heteroatoms. The maximum Gasteiger partial charge on any atom is 0.342 e. The smallest absolute Gasteiger partial charge is 0.342 e. The minimum Gasteiger partial charge on any atom is -0.487 e. The molecule has 6 nitrogen and oxygen atoms in total. The predicted octanol–water partition coefficient (Wildman–Crippen LogP) is 5.51. The van der Waals surface area contributed by atoms with Crippen LogP contribution in [-0.4, -0.2) is 26.3 Å². The second-order valence-electron chi connectivity index (χ2n) is 6.02. The van der Waals surface area contributed by atoms with Gasteiger partial charge in [0.2, 0.25) is 5.16 Å². The third-order valence-electron chi connectivity index (χ3n) is 3.91.